The Hall–Kier alpha value is -1.36. The van der Waals surface area contributed by atoms with E-state index in [1.54, 1.807) is 0 Å². The average Bonchev–Trinajstić information content (AvgIpc) is 2.48. The van der Waals surface area contributed by atoms with E-state index in [0.29, 0.717) is 12.8 Å². The Kier molecular flexibility index (Phi) is 7.46. The van der Waals surface area contributed by atoms with Gasteiger partial charge in [0.25, 0.3) is 0 Å². The maximum absolute atomic E-state index is 12.4. The molecule has 1 aromatic rings. The van der Waals surface area contributed by atoms with Crippen molar-refractivity contribution in [1.29, 1.82) is 0 Å². The van der Waals surface area contributed by atoms with Gasteiger partial charge in [-0.1, -0.05) is 71.2 Å². The second-order valence-electron chi connectivity index (χ2n) is 7.39. The summed E-state index contributed by atoms with van der Waals surface area (Å²) in [5.74, 6) is -1.35. The molecule has 0 heterocycles. The summed E-state index contributed by atoms with van der Waals surface area (Å²) in [7, 11) is -3.64. The summed E-state index contributed by atoms with van der Waals surface area (Å²) in [6.07, 6.45) is 2.98. The summed E-state index contributed by atoms with van der Waals surface area (Å²) in [6, 6.07) is 7.89. The Morgan fingerprint density at radius 2 is 1.71 bits per heavy atom. The van der Waals surface area contributed by atoms with Crippen LogP contribution < -0.4 is 0 Å². The number of hydrogen-bond donors (Lipinski definition) is 1. The highest BCUT2D eigenvalue weighted by Gasteiger charge is 2.31. The molecule has 1 N–H and O–H groups in total. The molecular formula is C19H30O4S. The van der Waals surface area contributed by atoms with Crippen molar-refractivity contribution in [2.75, 3.05) is 5.75 Å². The van der Waals surface area contributed by atoms with Crippen LogP contribution in [0.15, 0.2) is 24.3 Å². The van der Waals surface area contributed by atoms with Gasteiger partial charge in [-0.15, -0.1) is 0 Å². The molecule has 136 valence electrons. The van der Waals surface area contributed by atoms with E-state index in [0.717, 1.165) is 18.4 Å². The molecule has 4 nitrogen and oxygen atoms in total. The highest BCUT2D eigenvalue weighted by Crippen LogP contribution is 2.22. The first-order valence-electron chi connectivity index (χ1n) is 8.61. The highest BCUT2D eigenvalue weighted by molar-refractivity contribution is 7.92. The lowest BCUT2D eigenvalue weighted by Crippen LogP contribution is -2.32. The van der Waals surface area contributed by atoms with E-state index in [9.17, 15) is 18.3 Å². The van der Waals surface area contributed by atoms with Gasteiger partial charge in [0.05, 0.1) is 5.75 Å². The zero-order valence-electron chi connectivity index (χ0n) is 15.2. The molecule has 0 amide bonds. The molecule has 0 aliphatic rings. The minimum atomic E-state index is -3.64. The predicted octanol–water partition coefficient (Wildman–Crippen LogP) is 3.97. The van der Waals surface area contributed by atoms with Crippen LogP contribution in [0.4, 0.5) is 0 Å². The molecule has 0 aromatic heterocycles. The second kappa shape index (κ2) is 8.65. The van der Waals surface area contributed by atoms with Crippen LogP contribution in [-0.2, 0) is 26.5 Å². The van der Waals surface area contributed by atoms with Gasteiger partial charge in [-0.2, -0.15) is 0 Å². The van der Waals surface area contributed by atoms with Crippen LogP contribution in [0.25, 0.3) is 0 Å². The largest absolute Gasteiger partial charge is 0.480 e. The highest BCUT2D eigenvalue weighted by atomic mass is 32.2. The minimum Gasteiger partial charge on any atom is -0.480 e. The fourth-order valence-corrected chi connectivity index (χ4v) is 4.25. The number of aryl methyl sites for hydroxylation is 1. The number of unbranched alkanes of at least 4 members (excludes halogenated alkanes) is 2. The Morgan fingerprint density at radius 1 is 1.12 bits per heavy atom. The molecule has 0 radical (unpaired) electrons. The van der Waals surface area contributed by atoms with Gasteiger partial charge >= 0.3 is 5.97 Å². The monoisotopic (exact) mass is 354 g/mol. The molecule has 0 aliphatic carbocycles. The molecule has 0 aliphatic heterocycles. The standard InChI is InChI=1S/C19H30O4S/c1-5-6-7-8-17(18(20)21)24(22,23)14-13-15-9-11-16(12-10-15)19(2,3)4/h9-12,17H,5-8,13-14H2,1-4H3,(H,20,21). The lowest BCUT2D eigenvalue weighted by molar-refractivity contribution is -0.136. The first-order chi connectivity index (χ1) is 11.1. The van der Waals surface area contributed by atoms with Crippen molar-refractivity contribution in [3.63, 3.8) is 0 Å². The van der Waals surface area contributed by atoms with Crippen molar-refractivity contribution in [3.05, 3.63) is 35.4 Å². The number of carboxylic acids is 1. The normalized spacial score (nSPS) is 13.7. The first kappa shape index (κ1) is 20.7. The summed E-state index contributed by atoms with van der Waals surface area (Å²) in [5.41, 5.74) is 2.17. The third-order valence-electron chi connectivity index (χ3n) is 4.27. The van der Waals surface area contributed by atoms with Crippen molar-refractivity contribution in [1.82, 2.24) is 0 Å². The van der Waals surface area contributed by atoms with Crippen LogP contribution in [0, 0.1) is 0 Å². The first-order valence-corrected chi connectivity index (χ1v) is 10.3. The second-order valence-corrected chi connectivity index (χ2v) is 9.69. The fourth-order valence-electron chi connectivity index (χ4n) is 2.61. The van der Waals surface area contributed by atoms with Gasteiger partial charge in [0, 0.05) is 0 Å². The third kappa shape index (κ3) is 6.27. The van der Waals surface area contributed by atoms with Crippen molar-refractivity contribution in [3.8, 4) is 0 Å². The van der Waals surface area contributed by atoms with Gasteiger partial charge in [-0.25, -0.2) is 8.42 Å². The van der Waals surface area contributed by atoms with Crippen molar-refractivity contribution in [2.45, 2.75) is 70.5 Å². The van der Waals surface area contributed by atoms with Crippen LogP contribution in [-0.4, -0.2) is 30.5 Å². The van der Waals surface area contributed by atoms with E-state index >= 15 is 0 Å². The molecule has 0 saturated heterocycles. The van der Waals surface area contributed by atoms with Crippen LogP contribution in [0.5, 0.6) is 0 Å². The maximum atomic E-state index is 12.4. The Bertz CT molecular complexity index is 624. The smallest absolute Gasteiger partial charge is 0.321 e. The molecular weight excluding hydrogens is 324 g/mol. The van der Waals surface area contributed by atoms with E-state index in [4.69, 9.17) is 0 Å². The van der Waals surface area contributed by atoms with E-state index in [2.05, 4.69) is 20.8 Å². The SMILES string of the molecule is CCCCCC(C(=O)O)S(=O)(=O)CCc1ccc(C(C)(C)C)cc1. The number of carboxylic acid groups (broad SMARTS) is 1. The van der Waals surface area contributed by atoms with Gasteiger partial charge in [-0.3, -0.25) is 4.79 Å². The molecule has 1 unspecified atom stereocenters. The summed E-state index contributed by atoms with van der Waals surface area (Å²) >= 11 is 0. The molecule has 1 atom stereocenters. The zero-order chi connectivity index (χ0) is 18.4. The summed E-state index contributed by atoms with van der Waals surface area (Å²) < 4.78 is 24.8. The quantitative estimate of drug-likeness (QED) is 0.681. The number of rotatable bonds is 9. The van der Waals surface area contributed by atoms with Gasteiger partial charge in [-0.05, 0) is 29.4 Å². The molecule has 1 rings (SSSR count). The Morgan fingerprint density at radius 3 is 2.17 bits per heavy atom. The van der Waals surface area contributed by atoms with Crippen LogP contribution in [0.3, 0.4) is 0 Å². The number of carbonyl (C=O) groups is 1. The summed E-state index contributed by atoms with van der Waals surface area (Å²) in [6.45, 7) is 8.38. The molecule has 24 heavy (non-hydrogen) atoms. The average molecular weight is 355 g/mol. The Labute approximate surface area is 146 Å². The van der Waals surface area contributed by atoms with E-state index in [1.807, 2.05) is 31.2 Å². The van der Waals surface area contributed by atoms with Gasteiger partial charge in [0.1, 0.15) is 0 Å². The van der Waals surface area contributed by atoms with Gasteiger partial charge in [0.15, 0.2) is 15.1 Å². The van der Waals surface area contributed by atoms with Gasteiger partial charge < -0.3 is 5.11 Å². The maximum Gasteiger partial charge on any atom is 0.321 e. The van der Waals surface area contributed by atoms with Crippen molar-refractivity contribution in [2.24, 2.45) is 0 Å². The number of benzene rings is 1. The van der Waals surface area contributed by atoms with Crippen LogP contribution in [0.2, 0.25) is 0 Å². The number of hydrogen-bond acceptors (Lipinski definition) is 3. The summed E-state index contributed by atoms with van der Waals surface area (Å²) in [4.78, 5) is 11.3. The van der Waals surface area contributed by atoms with Crippen LogP contribution in [0.1, 0.15) is 64.5 Å². The van der Waals surface area contributed by atoms with Crippen LogP contribution >= 0.6 is 0 Å². The molecule has 0 spiro atoms. The third-order valence-corrected chi connectivity index (χ3v) is 6.35. The van der Waals surface area contributed by atoms with E-state index < -0.39 is 21.1 Å². The van der Waals surface area contributed by atoms with E-state index in [-0.39, 0.29) is 17.6 Å². The Balaban J connectivity index is 2.73. The molecule has 5 heteroatoms. The summed E-state index contributed by atoms with van der Waals surface area (Å²) in [5, 5.41) is 7.97. The molecule has 1 aromatic carbocycles. The molecule has 0 bridgehead atoms. The fraction of sp³-hybridized carbons (Fsp3) is 0.632. The zero-order valence-corrected chi connectivity index (χ0v) is 16.0. The van der Waals surface area contributed by atoms with E-state index in [1.165, 1.54) is 5.56 Å². The lowest BCUT2D eigenvalue weighted by Gasteiger charge is -2.19. The molecule has 0 fully saturated rings. The number of aliphatic carboxylic acids is 1. The van der Waals surface area contributed by atoms with Gasteiger partial charge in [0.2, 0.25) is 0 Å². The lowest BCUT2D eigenvalue weighted by atomic mass is 9.86. The minimum absolute atomic E-state index is 0.0539. The van der Waals surface area contributed by atoms with Crippen molar-refractivity contribution >= 4 is 15.8 Å². The topological polar surface area (TPSA) is 71.4 Å². The number of sulfone groups is 1. The van der Waals surface area contributed by atoms with Crippen molar-refractivity contribution < 1.29 is 18.3 Å². The predicted molar refractivity (Wildman–Crippen MR) is 98.2 cm³/mol. The molecule has 0 saturated carbocycles.